The van der Waals surface area contributed by atoms with Crippen LogP contribution in [0.1, 0.15) is 40.0 Å². The first-order valence-electron chi connectivity index (χ1n) is 7.81. The minimum absolute atomic E-state index is 0.0386. The molecule has 2 aliphatic heterocycles. The number of rotatable bonds is 0. The molecule has 1 saturated carbocycles. The Labute approximate surface area is 160 Å². The highest BCUT2D eigenvalue weighted by molar-refractivity contribution is 14.1. The van der Waals surface area contributed by atoms with Gasteiger partial charge in [0.15, 0.2) is 11.6 Å². The van der Waals surface area contributed by atoms with Crippen LogP contribution in [0.2, 0.25) is 0 Å². The molecule has 1 aromatic carbocycles. The van der Waals surface area contributed by atoms with Crippen LogP contribution in [0.3, 0.4) is 0 Å². The van der Waals surface area contributed by atoms with Crippen LogP contribution in [0, 0.1) is 30.8 Å². The fourth-order valence-electron chi connectivity index (χ4n) is 5.32. The molecule has 2 heterocycles. The van der Waals surface area contributed by atoms with E-state index in [1.807, 2.05) is 23.9 Å². The molecule has 0 spiro atoms. The summed E-state index contributed by atoms with van der Waals surface area (Å²) in [6, 6.07) is 3.95. The molecule has 2 bridgehead atoms. The minimum atomic E-state index is -0.0390. The third-order valence-electron chi connectivity index (χ3n) is 6.05. The second kappa shape index (κ2) is 4.94. The topological polar surface area (TPSA) is 34.1 Å². The molecular weight excluding hydrogens is 522 g/mol. The van der Waals surface area contributed by atoms with Crippen molar-refractivity contribution in [3.8, 4) is 0 Å². The molecule has 22 heavy (non-hydrogen) atoms. The average Bonchev–Trinajstić information content (AvgIpc) is 3.14. The highest BCUT2D eigenvalue weighted by Crippen LogP contribution is 2.65. The first-order valence-corrected chi connectivity index (χ1v) is 10.9. The lowest BCUT2D eigenvalue weighted by atomic mass is 9.62. The molecule has 0 N–H and O–H groups in total. The van der Waals surface area contributed by atoms with E-state index in [0.717, 1.165) is 12.7 Å². The van der Waals surface area contributed by atoms with E-state index < -0.39 is 0 Å². The molecule has 4 aliphatic rings. The summed E-state index contributed by atoms with van der Waals surface area (Å²) >= 11 is 6.44. The van der Waals surface area contributed by atoms with Crippen molar-refractivity contribution in [2.45, 2.75) is 29.8 Å². The zero-order valence-corrected chi connectivity index (χ0v) is 16.9. The number of carbonyl (C=O) groups is 2. The number of hydrogen-bond acceptors (Lipinski definition) is 3. The molecule has 6 unspecified atom stereocenters. The van der Waals surface area contributed by atoms with E-state index in [1.54, 1.807) is 0 Å². The van der Waals surface area contributed by atoms with Crippen LogP contribution in [0.25, 0.3) is 0 Å². The fourth-order valence-corrected chi connectivity index (χ4v) is 9.79. The van der Waals surface area contributed by atoms with Gasteiger partial charge in [-0.05, 0) is 82.0 Å². The largest absolute Gasteiger partial charge is 0.294 e. The standard InChI is InChI=1S/C17H14I2O2S/c18-6-4-9-11(10(19)5-6)15(21)13-12(14(9)20)16-7-2-1-3-8(7)17(13)22-16/h4-5,7-8,12-13,16-17H,1-3H2. The maximum Gasteiger partial charge on any atom is 0.169 e. The number of benzene rings is 1. The van der Waals surface area contributed by atoms with Gasteiger partial charge in [-0.25, -0.2) is 0 Å². The molecule has 6 atom stereocenters. The van der Waals surface area contributed by atoms with Crippen molar-refractivity contribution in [3.63, 3.8) is 0 Å². The average molecular weight is 536 g/mol. The quantitative estimate of drug-likeness (QED) is 0.461. The van der Waals surface area contributed by atoms with Crippen molar-refractivity contribution < 1.29 is 9.59 Å². The predicted octanol–water partition coefficient (Wildman–Crippen LogP) is 4.42. The van der Waals surface area contributed by atoms with Crippen LogP contribution in [0.4, 0.5) is 0 Å². The molecule has 0 aromatic heterocycles. The Morgan fingerprint density at radius 2 is 1.59 bits per heavy atom. The van der Waals surface area contributed by atoms with Crippen LogP contribution in [0.15, 0.2) is 12.1 Å². The van der Waals surface area contributed by atoms with Crippen LogP contribution in [-0.4, -0.2) is 22.1 Å². The molecule has 114 valence electrons. The van der Waals surface area contributed by atoms with E-state index in [9.17, 15) is 9.59 Å². The predicted molar refractivity (Wildman–Crippen MR) is 104 cm³/mol. The summed E-state index contributed by atoms with van der Waals surface area (Å²) in [5.74, 6) is 1.81. The van der Waals surface area contributed by atoms with Gasteiger partial charge in [0.1, 0.15) is 0 Å². The van der Waals surface area contributed by atoms with Crippen LogP contribution in [-0.2, 0) is 0 Å². The summed E-state index contributed by atoms with van der Waals surface area (Å²) in [7, 11) is 0. The van der Waals surface area contributed by atoms with Crippen LogP contribution in [0.5, 0.6) is 0 Å². The monoisotopic (exact) mass is 536 g/mol. The second-order valence-corrected chi connectivity index (χ2v) is 10.7. The molecule has 1 aromatic rings. The first-order chi connectivity index (χ1) is 10.6. The minimum Gasteiger partial charge on any atom is -0.294 e. The van der Waals surface area contributed by atoms with E-state index >= 15 is 0 Å². The summed E-state index contributed by atoms with van der Waals surface area (Å²) < 4.78 is 2.00. The molecule has 5 heteroatoms. The Kier molecular flexibility index (Phi) is 3.30. The molecule has 0 radical (unpaired) electrons. The number of carbonyl (C=O) groups excluding carboxylic acids is 2. The number of hydrogen-bond donors (Lipinski definition) is 0. The zero-order valence-electron chi connectivity index (χ0n) is 11.7. The van der Waals surface area contributed by atoms with Gasteiger partial charge in [-0.1, -0.05) is 6.42 Å². The maximum atomic E-state index is 13.2. The Bertz CT molecular complexity index is 732. The van der Waals surface area contributed by atoms with Crippen molar-refractivity contribution in [1.82, 2.24) is 0 Å². The van der Waals surface area contributed by atoms with E-state index in [2.05, 4.69) is 45.2 Å². The third kappa shape index (κ3) is 1.74. The summed E-state index contributed by atoms with van der Waals surface area (Å²) in [5.41, 5.74) is 1.42. The van der Waals surface area contributed by atoms with Crippen LogP contribution >= 0.6 is 56.9 Å². The molecule has 0 amide bonds. The highest BCUT2D eigenvalue weighted by Gasteiger charge is 2.65. The fraction of sp³-hybridized carbons (Fsp3) is 0.529. The van der Waals surface area contributed by atoms with Gasteiger partial charge in [0.2, 0.25) is 0 Å². The van der Waals surface area contributed by atoms with Gasteiger partial charge >= 0.3 is 0 Å². The third-order valence-corrected chi connectivity index (χ3v) is 9.44. The number of fused-ring (bicyclic) bond motifs is 9. The second-order valence-electron chi connectivity index (χ2n) is 6.91. The van der Waals surface area contributed by atoms with E-state index in [1.165, 1.54) is 19.3 Å². The van der Waals surface area contributed by atoms with Crippen molar-refractivity contribution in [2.24, 2.45) is 23.7 Å². The zero-order chi connectivity index (χ0) is 15.2. The van der Waals surface area contributed by atoms with Gasteiger partial charge in [-0.15, -0.1) is 0 Å². The van der Waals surface area contributed by atoms with E-state index in [0.29, 0.717) is 27.9 Å². The summed E-state index contributed by atoms with van der Waals surface area (Å²) in [6.45, 7) is 0. The first kappa shape index (κ1) is 14.7. The Morgan fingerprint density at radius 1 is 0.955 bits per heavy atom. The Hall–Kier alpha value is 0.370. The lowest BCUT2D eigenvalue weighted by Crippen LogP contribution is -2.48. The van der Waals surface area contributed by atoms with Gasteiger partial charge in [0.05, 0.1) is 0 Å². The molecular formula is C17H14I2O2S. The number of ketones is 2. The van der Waals surface area contributed by atoms with E-state index in [-0.39, 0.29) is 23.4 Å². The highest BCUT2D eigenvalue weighted by atomic mass is 127. The van der Waals surface area contributed by atoms with Crippen LogP contribution < -0.4 is 0 Å². The SMILES string of the molecule is O=C1c2cc(I)cc(I)c2C(=O)C2C3SC(C4CCCC43)C12. The summed E-state index contributed by atoms with van der Waals surface area (Å²) in [4.78, 5) is 26.3. The van der Waals surface area contributed by atoms with Crippen molar-refractivity contribution in [3.05, 3.63) is 30.4 Å². The van der Waals surface area contributed by atoms with E-state index in [4.69, 9.17) is 0 Å². The lowest BCUT2D eigenvalue weighted by molar-refractivity contribution is 0.0647. The summed E-state index contributed by atoms with van der Waals surface area (Å²) in [6.07, 6.45) is 3.81. The van der Waals surface area contributed by atoms with Gasteiger partial charge < -0.3 is 0 Å². The van der Waals surface area contributed by atoms with Crippen molar-refractivity contribution in [1.29, 1.82) is 0 Å². The number of Topliss-reactive ketones (excluding diaryl/α,β-unsaturated/α-hetero) is 2. The van der Waals surface area contributed by atoms with Gasteiger partial charge in [0, 0.05) is 40.6 Å². The summed E-state index contributed by atoms with van der Waals surface area (Å²) in [5, 5.41) is 0.810. The molecule has 5 rings (SSSR count). The van der Waals surface area contributed by atoms with Crippen molar-refractivity contribution in [2.75, 3.05) is 0 Å². The molecule has 3 fully saturated rings. The molecule has 2 aliphatic carbocycles. The normalized spacial score (nSPS) is 41.5. The smallest absolute Gasteiger partial charge is 0.169 e. The Morgan fingerprint density at radius 3 is 2.27 bits per heavy atom. The van der Waals surface area contributed by atoms with Gasteiger partial charge in [-0.3, -0.25) is 9.59 Å². The Balaban J connectivity index is 1.69. The van der Waals surface area contributed by atoms with Gasteiger partial charge in [-0.2, -0.15) is 11.8 Å². The molecule has 2 saturated heterocycles. The lowest BCUT2D eigenvalue weighted by Gasteiger charge is -2.38. The van der Waals surface area contributed by atoms with Crippen molar-refractivity contribution >= 4 is 68.5 Å². The number of thioether (sulfide) groups is 1. The van der Waals surface area contributed by atoms with Gasteiger partial charge in [0.25, 0.3) is 0 Å². The maximum absolute atomic E-state index is 13.2. The molecule has 2 nitrogen and oxygen atoms in total. The number of halogens is 2.